The summed E-state index contributed by atoms with van der Waals surface area (Å²) >= 11 is 1.46. The first-order chi connectivity index (χ1) is 16.6. The Morgan fingerprint density at radius 2 is 1.97 bits per heavy atom. The Morgan fingerprint density at radius 1 is 1.18 bits per heavy atom. The number of methoxy groups -OCH3 is 2. The molecule has 0 radical (unpaired) electrons. The van der Waals surface area contributed by atoms with E-state index in [1.54, 1.807) is 14.2 Å². The molecule has 0 atom stereocenters. The number of aryl methyl sites for hydroxylation is 1. The Labute approximate surface area is 201 Å². The zero-order valence-corrected chi connectivity index (χ0v) is 20.3. The summed E-state index contributed by atoms with van der Waals surface area (Å²) in [5.74, 6) is 1.40. The molecular formula is C24H29N5O4S. The molecule has 0 unspecified atom stereocenters. The van der Waals surface area contributed by atoms with Crippen LogP contribution in [0.1, 0.15) is 42.5 Å². The summed E-state index contributed by atoms with van der Waals surface area (Å²) in [6.45, 7) is 1.85. The van der Waals surface area contributed by atoms with E-state index in [4.69, 9.17) is 14.5 Å². The first-order valence-corrected chi connectivity index (χ1v) is 12.5. The van der Waals surface area contributed by atoms with Gasteiger partial charge in [-0.1, -0.05) is 11.3 Å². The lowest BCUT2D eigenvalue weighted by Crippen LogP contribution is -2.40. The number of ether oxygens (including phenoxy) is 2. The van der Waals surface area contributed by atoms with E-state index in [1.807, 2.05) is 18.2 Å². The number of aromatic nitrogens is 3. The lowest BCUT2D eigenvalue weighted by Gasteiger charge is -2.30. The third-order valence-corrected chi connectivity index (χ3v) is 7.72. The van der Waals surface area contributed by atoms with Gasteiger partial charge in [-0.25, -0.2) is 4.98 Å². The number of anilines is 1. The molecule has 180 valence electrons. The van der Waals surface area contributed by atoms with Crippen molar-refractivity contribution in [3.8, 4) is 11.5 Å². The molecule has 1 aliphatic carbocycles. The van der Waals surface area contributed by atoms with Gasteiger partial charge in [-0.05, 0) is 50.7 Å². The van der Waals surface area contributed by atoms with Crippen molar-refractivity contribution in [2.75, 3.05) is 32.2 Å². The molecule has 2 aliphatic rings. The van der Waals surface area contributed by atoms with E-state index in [2.05, 4.69) is 15.3 Å². The SMILES string of the molecule is COc1ccc(CNC(=O)C2CCN(c3nn4c(=O)c5c(nc4s3)CCCC5)CC2)c(OC)c1. The van der Waals surface area contributed by atoms with Gasteiger partial charge in [0.05, 0.1) is 19.9 Å². The predicted octanol–water partition coefficient (Wildman–Crippen LogP) is 2.58. The highest BCUT2D eigenvalue weighted by atomic mass is 32.1. The monoisotopic (exact) mass is 483 g/mol. The first-order valence-electron chi connectivity index (χ1n) is 11.7. The predicted molar refractivity (Wildman–Crippen MR) is 130 cm³/mol. The molecule has 1 aliphatic heterocycles. The highest BCUT2D eigenvalue weighted by molar-refractivity contribution is 7.20. The van der Waals surface area contributed by atoms with Crippen molar-refractivity contribution < 1.29 is 14.3 Å². The fourth-order valence-corrected chi connectivity index (χ4v) is 5.71. The van der Waals surface area contributed by atoms with Crippen LogP contribution in [-0.2, 0) is 24.2 Å². The number of hydrogen-bond acceptors (Lipinski definition) is 8. The highest BCUT2D eigenvalue weighted by Gasteiger charge is 2.27. The van der Waals surface area contributed by atoms with Crippen LogP contribution in [0.4, 0.5) is 5.13 Å². The quantitative estimate of drug-likeness (QED) is 0.575. The summed E-state index contributed by atoms with van der Waals surface area (Å²) in [4.78, 5) is 33.2. The van der Waals surface area contributed by atoms with Crippen molar-refractivity contribution in [1.82, 2.24) is 19.9 Å². The van der Waals surface area contributed by atoms with Gasteiger partial charge < -0.3 is 19.7 Å². The standard InChI is InChI=1S/C24H29N5O4S/c1-32-17-8-7-16(20(13-17)33-2)14-25-21(30)15-9-11-28(12-10-15)24-27-29-22(31)18-5-3-4-6-19(18)26-23(29)34-24/h7-8,13,15H,3-6,9-12,14H2,1-2H3,(H,25,30). The van der Waals surface area contributed by atoms with Crippen LogP contribution in [0.25, 0.3) is 4.96 Å². The summed E-state index contributed by atoms with van der Waals surface area (Å²) < 4.78 is 12.1. The number of carbonyl (C=O) groups is 1. The van der Waals surface area contributed by atoms with Gasteiger partial charge in [0.2, 0.25) is 16.0 Å². The summed E-state index contributed by atoms with van der Waals surface area (Å²) in [5, 5.41) is 8.43. The largest absolute Gasteiger partial charge is 0.497 e. The smallest absolute Gasteiger partial charge is 0.278 e. The van der Waals surface area contributed by atoms with E-state index in [-0.39, 0.29) is 17.4 Å². The minimum absolute atomic E-state index is 0.0228. The molecule has 0 spiro atoms. The molecule has 0 bridgehead atoms. The van der Waals surface area contributed by atoms with Gasteiger partial charge in [-0.15, -0.1) is 5.10 Å². The zero-order valence-electron chi connectivity index (χ0n) is 19.5. The van der Waals surface area contributed by atoms with Crippen LogP contribution in [0.5, 0.6) is 11.5 Å². The van der Waals surface area contributed by atoms with Crippen LogP contribution < -0.4 is 25.2 Å². The van der Waals surface area contributed by atoms with E-state index in [0.29, 0.717) is 23.0 Å². The van der Waals surface area contributed by atoms with Gasteiger partial charge in [-0.2, -0.15) is 4.52 Å². The Hall–Kier alpha value is -3.14. The number of rotatable bonds is 6. The van der Waals surface area contributed by atoms with Crippen LogP contribution >= 0.6 is 11.3 Å². The van der Waals surface area contributed by atoms with E-state index in [9.17, 15) is 9.59 Å². The van der Waals surface area contributed by atoms with Gasteiger partial charge in [-0.3, -0.25) is 9.59 Å². The minimum Gasteiger partial charge on any atom is -0.497 e. The number of amides is 1. The van der Waals surface area contributed by atoms with Crippen LogP contribution in [-0.4, -0.2) is 47.8 Å². The minimum atomic E-state index is -0.0527. The van der Waals surface area contributed by atoms with Crippen LogP contribution in [0.15, 0.2) is 23.0 Å². The van der Waals surface area contributed by atoms with Crippen LogP contribution in [0, 0.1) is 5.92 Å². The number of piperidine rings is 1. The second kappa shape index (κ2) is 9.61. The molecule has 5 rings (SSSR count). The topological polar surface area (TPSA) is 98.1 Å². The Balaban J connectivity index is 1.21. The molecule has 34 heavy (non-hydrogen) atoms. The van der Waals surface area contributed by atoms with E-state index >= 15 is 0 Å². The molecule has 2 aromatic heterocycles. The maximum atomic E-state index is 12.9. The Morgan fingerprint density at radius 3 is 2.74 bits per heavy atom. The summed E-state index contributed by atoms with van der Waals surface area (Å²) in [7, 11) is 3.22. The third-order valence-electron chi connectivity index (χ3n) is 6.75. The van der Waals surface area contributed by atoms with Crippen LogP contribution in [0.3, 0.4) is 0 Å². The summed E-state index contributed by atoms with van der Waals surface area (Å²) in [5.41, 5.74) is 2.65. The maximum Gasteiger partial charge on any atom is 0.278 e. The van der Waals surface area contributed by atoms with Crippen molar-refractivity contribution >= 4 is 27.3 Å². The maximum absolute atomic E-state index is 12.9. The number of hydrogen-bond donors (Lipinski definition) is 1. The van der Waals surface area contributed by atoms with Gasteiger partial charge in [0.15, 0.2) is 0 Å². The number of fused-ring (bicyclic) bond motifs is 2. The Kier molecular flexibility index (Phi) is 6.40. The fourth-order valence-electron chi connectivity index (χ4n) is 4.75. The molecular weight excluding hydrogens is 454 g/mol. The van der Waals surface area contributed by atoms with Crippen molar-refractivity contribution in [1.29, 1.82) is 0 Å². The third kappa shape index (κ3) is 4.34. The fraction of sp³-hybridized carbons (Fsp3) is 0.500. The van der Waals surface area contributed by atoms with E-state index < -0.39 is 0 Å². The molecule has 10 heteroatoms. The molecule has 1 N–H and O–H groups in total. The number of nitrogens with one attached hydrogen (secondary N) is 1. The van der Waals surface area contributed by atoms with Crippen molar-refractivity contribution in [3.05, 3.63) is 45.4 Å². The molecule has 1 aromatic carbocycles. The number of carbonyl (C=O) groups excluding carboxylic acids is 1. The number of benzene rings is 1. The molecule has 0 saturated carbocycles. The summed E-state index contributed by atoms with van der Waals surface area (Å²) in [6.07, 6.45) is 5.26. The zero-order chi connectivity index (χ0) is 23.7. The second-order valence-corrected chi connectivity index (χ2v) is 9.72. The van der Waals surface area contributed by atoms with Crippen molar-refractivity contribution in [2.24, 2.45) is 5.92 Å². The van der Waals surface area contributed by atoms with Crippen molar-refractivity contribution in [3.63, 3.8) is 0 Å². The van der Waals surface area contributed by atoms with E-state index in [0.717, 1.165) is 73.6 Å². The van der Waals surface area contributed by atoms with Gasteiger partial charge in [0.1, 0.15) is 11.5 Å². The normalized spacial score (nSPS) is 16.4. The first kappa shape index (κ1) is 22.6. The summed E-state index contributed by atoms with van der Waals surface area (Å²) in [6, 6.07) is 5.58. The lowest BCUT2D eigenvalue weighted by molar-refractivity contribution is -0.125. The van der Waals surface area contributed by atoms with Crippen molar-refractivity contribution in [2.45, 2.75) is 45.1 Å². The van der Waals surface area contributed by atoms with Gasteiger partial charge >= 0.3 is 0 Å². The molecule has 1 fully saturated rings. The average molecular weight is 484 g/mol. The highest BCUT2D eigenvalue weighted by Crippen LogP contribution is 2.29. The van der Waals surface area contributed by atoms with Gasteiger partial charge in [0.25, 0.3) is 5.56 Å². The Bertz CT molecular complexity index is 1260. The molecule has 1 saturated heterocycles. The number of nitrogens with zero attached hydrogens (tertiary/aromatic N) is 4. The average Bonchev–Trinajstić information content (AvgIpc) is 3.32. The second-order valence-electron chi connectivity index (χ2n) is 8.79. The van der Waals surface area contributed by atoms with Gasteiger partial charge in [0, 0.05) is 42.7 Å². The molecule has 3 heterocycles. The lowest BCUT2D eigenvalue weighted by atomic mass is 9.96. The van der Waals surface area contributed by atoms with Crippen LogP contribution in [0.2, 0.25) is 0 Å². The van der Waals surface area contributed by atoms with E-state index in [1.165, 1.54) is 15.9 Å². The molecule has 1 amide bonds. The molecule has 9 nitrogen and oxygen atoms in total. The molecule has 3 aromatic rings.